The van der Waals surface area contributed by atoms with Gasteiger partial charge >= 0.3 is 0 Å². The van der Waals surface area contributed by atoms with Crippen LogP contribution < -0.4 is 5.32 Å². The van der Waals surface area contributed by atoms with E-state index in [0.717, 1.165) is 22.7 Å². The topological polar surface area (TPSA) is 58.0 Å². The number of aromatic nitrogens is 2. The van der Waals surface area contributed by atoms with Crippen LogP contribution in [0.1, 0.15) is 26.6 Å². The van der Waals surface area contributed by atoms with Crippen LogP contribution in [-0.4, -0.2) is 27.2 Å². The molecule has 15 heavy (non-hydrogen) atoms. The molecule has 1 aromatic heterocycles. The quantitative estimate of drug-likeness (QED) is 0.824. The van der Waals surface area contributed by atoms with Crippen LogP contribution in [0.25, 0.3) is 0 Å². The molecule has 4 nitrogen and oxygen atoms in total. The summed E-state index contributed by atoms with van der Waals surface area (Å²) in [5.41, 5.74) is -0.746. The Kier molecular flexibility index (Phi) is 4.04. The minimum absolute atomic E-state index is 0.458. The van der Waals surface area contributed by atoms with Gasteiger partial charge in [0.1, 0.15) is 16.2 Å². The molecule has 0 aromatic carbocycles. The van der Waals surface area contributed by atoms with Crippen LogP contribution in [0.5, 0.6) is 0 Å². The Morgan fingerprint density at radius 2 is 2.13 bits per heavy atom. The van der Waals surface area contributed by atoms with Gasteiger partial charge in [-0.15, -0.1) is 0 Å². The van der Waals surface area contributed by atoms with Crippen LogP contribution in [-0.2, 0) is 6.42 Å². The molecule has 84 valence electrons. The molecule has 1 rings (SSSR count). The zero-order valence-corrected chi connectivity index (χ0v) is 10.8. The number of nitrogens with zero attached hydrogens (tertiary/aromatic N) is 2. The summed E-state index contributed by atoms with van der Waals surface area (Å²) >= 11 is 3.32. The zero-order chi connectivity index (χ0) is 11.5. The van der Waals surface area contributed by atoms with E-state index in [-0.39, 0.29) is 0 Å². The molecule has 0 unspecified atom stereocenters. The number of anilines is 1. The van der Waals surface area contributed by atoms with Crippen molar-refractivity contribution in [2.45, 2.75) is 32.8 Å². The number of aryl methyl sites for hydroxylation is 1. The Labute approximate surface area is 98.3 Å². The van der Waals surface area contributed by atoms with Crippen LogP contribution >= 0.6 is 15.9 Å². The Hall–Kier alpha value is -0.680. The summed E-state index contributed by atoms with van der Waals surface area (Å²) < 4.78 is 0.757. The van der Waals surface area contributed by atoms with Gasteiger partial charge in [0, 0.05) is 19.0 Å². The molecule has 1 heterocycles. The highest BCUT2D eigenvalue weighted by atomic mass is 79.9. The van der Waals surface area contributed by atoms with E-state index < -0.39 is 5.60 Å². The van der Waals surface area contributed by atoms with Crippen molar-refractivity contribution in [2.24, 2.45) is 0 Å². The number of halogens is 1. The number of hydrogen-bond acceptors (Lipinski definition) is 4. The summed E-state index contributed by atoms with van der Waals surface area (Å²) in [6.07, 6.45) is 0.788. The standard InChI is InChI=1S/C10H16BrN3O/c1-4-8-13-7(11)5-9(14-8)12-6-10(2,3)15/h5,15H,4,6H2,1-3H3,(H,12,13,14). The van der Waals surface area contributed by atoms with Crippen LogP contribution in [0.3, 0.4) is 0 Å². The highest BCUT2D eigenvalue weighted by molar-refractivity contribution is 9.10. The zero-order valence-electron chi connectivity index (χ0n) is 9.21. The lowest BCUT2D eigenvalue weighted by Gasteiger charge is -2.18. The summed E-state index contributed by atoms with van der Waals surface area (Å²) in [4.78, 5) is 8.49. The molecule has 0 fully saturated rings. The van der Waals surface area contributed by atoms with Crippen LogP contribution in [0.2, 0.25) is 0 Å². The van der Waals surface area contributed by atoms with Crippen molar-refractivity contribution in [3.8, 4) is 0 Å². The maximum absolute atomic E-state index is 9.56. The molecule has 0 aliphatic rings. The summed E-state index contributed by atoms with van der Waals surface area (Å²) in [5, 5.41) is 12.6. The smallest absolute Gasteiger partial charge is 0.131 e. The largest absolute Gasteiger partial charge is 0.389 e. The minimum atomic E-state index is -0.746. The van der Waals surface area contributed by atoms with Crippen molar-refractivity contribution in [3.05, 3.63) is 16.5 Å². The Morgan fingerprint density at radius 3 is 2.67 bits per heavy atom. The number of nitrogens with one attached hydrogen (secondary N) is 1. The second-order valence-corrected chi connectivity index (χ2v) is 4.82. The fraction of sp³-hybridized carbons (Fsp3) is 0.600. The average Bonchev–Trinajstić information content (AvgIpc) is 2.13. The van der Waals surface area contributed by atoms with Gasteiger partial charge in [-0.3, -0.25) is 0 Å². The minimum Gasteiger partial charge on any atom is -0.389 e. The Balaban J connectivity index is 2.73. The lowest BCUT2D eigenvalue weighted by atomic mass is 10.1. The molecule has 2 N–H and O–H groups in total. The fourth-order valence-corrected chi connectivity index (χ4v) is 1.44. The third kappa shape index (κ3) is 4.57. The van der Waals surface area contributed by atoms with E-state index in [2.05, 4.69) is 31.2 Å². The Morgan fingerprint density at radius 1 is 1.47 bits per heavy atom. The van der Waals surface area contributed by atoms with Gasteiger partial charge < -0.3 is 10.4 Å². The second-order valence-electron chi connectivity index (χ2n) is 4.01. The molecule has 5 heteroatoms. The van der Waals surface area contributed by atoms with Gasteiger partial charge in [0.15, 0.2) is 0 Å². The highest BCUT2D eigenvalue weighted by Gasteiger charge is 2.12. The third-order valence-electron chi connectivity index (χ3n) is 1.76. The molecule has 0 aliphatic carbocycles. The van der Waals surface area contributed by atoms with Gasteiger partial charge in [-0.25, -0.2) is 9.97 Å². The Bertz CT molecular complexity index is 336. The normalized spacial score (nSPS) is 11.5. The van der Waals surface area contributed by atoms with Gasteiger partial charge in [0.25, 0.3) is 0 Å². The van der Waals surface area contributed by atoms with Crippen molar-refractivity contribution < 1.29 is 5.11 Å². The SMILES string of the molecule is CCc1nc(Br)cc(NCC(C)(C)O)n1. The number of rotatable bonds is 4. The molecule has 1 aromatic rings. The van der Waals surface area contributed by atoms with Gasteiger partial charge in [-0.1, -0.05) is 6.92 Å². The van der Waals surface area contributed by atoms with E-state index in [4.69, 9.17) is 0 Å². The molecular weight excluding hydrogens is 258 g/mol. The summed E-state index contributed by atoms with van der Waals surface area (Å²) in [7, 11) is 0. The van der Waals surface area contributed by atoms with Crippen molar-refractivity contribution in [1.29, 1.82) is 0 Å². The predicted molar refractivity (Wildman–Crippen MR) is 63.9 cm³/mol. The van der Waals surface area contributed by atoms with Crippen molar-refractivity contribution >= 4 is 21.7 Å². The third-order valence-corrected chi connectivity index (χ3v) is 2.17. The van der Waals surface area contributed by atoms with Crippen LogP contribution in [0.4, 0.5) is 5.82 Å². The van der Waals surface area contributed by atoms with E-state index in [1.165, 1.54) is 0 Å². The summed E-state index contributed by atoms with van der Waals surface area (Å²) in [6.45, 7) is 5.95. The summed E-state index contributed by atoms with van der Waals surface area (Å²) in [5.74, 6) is 1.51. The molecule has 0 aliphatic heterocycles. The first-order valence-corrected chi connectivity index (χ1v) is 5.70. The molecule has 0 atom stereocenters. The maximum atomic E-state index is 9.56. The molecule has 0 saturated heterocycles. The van der Waals surface area contributed by atoms with Crippen LogP contribution in [0, 0.1) is 0 Å². The lowest BCUT2D eigenvalue weighted by Crippen LogP contribution is -2.29. The first-order chi connectivity index (χ1) is 6.90. The fourth-order valence-electron chi connectivity index (χ4n) is 1.02. The average molecular weight is 274 g/mol. The van der Waals surface area contributed by atoms with Gasteiger partial charge in [-0.2, -0.15) is 0 Å². The second kappa shape index (κ2) is 4.90. The first kappa shape index (κ1) is 12.4. The highest BCUT2D eigenvalue weighted by Crippen LogP contribution is 2.13. The molecular formula is C10H16BrN3O. The van der Waals surface area contributed by atoms with Crippen LogP contribution in [0.15, 0.2) is 10.7 Å². The van der Waals surface area contributed by atoms with E-state index in [0.29, 0.717) is 6.54 Å². The molecule has 0 spiro atoms. The van der Waals surface area contributed by atoms with Crippen molar-refractivity contribution in [2.75, 3.05) is 11.9 Å². The molecule has 0 saturated carbocycles. The molecule has 0 amide bonds. The predicted octanol–water partition coefficient (Wildman–Crippen LogP) is 1.98. The summed E-state index contributed by atoms with van der Waals surface area (Å²) in [6, 6.07) is 1.80. The van der Waals surface area contributed by atoms with E-state index in [9.17, 15) is 5.11 Å². The first-order valence-electron chi connectivity index (χ1n) is 4.90. The monoisotopic (exact) mass is 273 g/mol. The van der Waals surface area contributed by atoms with Gasteiger partial charge in [0.05, 0.1) is 5.60 Å². The molecule has 0 radical (unpaired) electrons. The van der Waals surface area contributed by atoms with E-state index >= 15 is 0 Å². The number of aliphatic hydroxyl groups is 1. The van der Waals surface area contributed by atoms with Gasteiger partial charge in [0.2, 0.25) is 0 Å². The van der Waals surface area contributed by atoms with E-state index in [1.54, 1.807) is 19.9 Å². The maximum Gasteiger partial charge on any atom is 0.131 e. The van der Waals surface area contributed by atoms with E-state index in [1.807, 2.05) is 6.92 Å². The lowest BCUT2D eigenvalue weighted by molar-refractivity contribution is 0.0944. The van der Waals surface area contributed by atoms with Gasteiger partial charge in [-0.05, 0) is 29.8 Å². The van der Waals surface area contributed by atoms with Crippen molar-refractivity contribution in [1.82, 2.24) is 9.97 Å². The number of hydrogen-bond donors (Lipinski definition) is 2. The van der Waals surface area contributed by atoms with Crippen molar-refractivity contribution in [3.63, 3.8) is 0 Å². The molecule has 0 bridgehead atoms.